The van der Waals surface area contributed by atoms with E-state index in [9.17, 15) is 14.9 Å². The predicted octanol–water partition coefficient (Wildman–Crippen LogP) is 3.64. The number of hydrogen-bond acceptors (Lipinski definition) is 7. The molecule has 0 radical (unpaired) electrons. The van der Waals surface area contributed by atoms with E-state index in [4.69, 9.17) is 5.73 Å². The highest BCUT2D eigenvalue weighted by Crippen LogP contribution is 2.29. The van der Waals surface area contributed by atoms with Crippen LogP contribution < -0.4 is 5.73 Å². The maximum atomic E-state index is 13.7. The Bertz CT molecular complexity index is 1460. The smallest absolute Gasteiger partial charge is 0.311 e. The zero-order valence-corrected chi connectivity index (χ0v) is 22.1. The number of pyridine rings is 1. The Balaban J connectivity index is 1.36. The van der Waals surface area contributed by atoms with Gasteiger partial charge in [-0.25, -0.2) is 9.97 Å². The number of amides is 1. The molecule has 1 aliphatic heterocycles. The van der Waals surface area contributed by atoms with Crippen molar-refractivity contribution < 1.29 is 9.72 Å². The predicted molar refractivity (Wildman–Crippen MR) is 149 cm³/mol. The number of carbonyl (C=O) groups excluding carboxylic acids is 1. The van der Waals surface area contributed by atoms with Crippen molar-refractivity contribution in [1.82, 2.24) is 28.9 Å². The van der Waals surface area contributed by atoms with Gasteiger partial charge in [0.15, 0.2) is 0 Å². The van der Waals surface area contributed by atoms with E-state index >= 15 is 0 Å². The molecule has 39 heavy (non-hydrogen) atoms. The van der Waals surface area contributed by atoms with Crippen molar-refractivity contribution in [3.05, 3.63) is 88.9 Å². The molecule has 1 saturated heterocycles. The molecule has 4 aromatic rings. The summed E-state index contributed by atoms with van der Waals surface area (Å²) in [7, 11) is 4.10. The molecule has 0 unspecified atom stereocenters. The van der Waals surface area contributed by atoms with Gasteiger partial charge in [0.1, 0.15) is 0 Å². The van der Waals surface area contributed by atoms with Crippen LogP contribution in [0.25, 0.3) is 16.8 Å². The molecule has 1 amide bonds. The van der Waals surface area contributed by atoms with Crippen LogP contribution in [0.2, 0.25) is 0 Å². The molecule has 0 aliphatic carbocycles. The van der Waals surface area contributed by atoms with E-state index in [1.165, 1.54) is 6.07 Å². The second-order valence-electron chi connectivity index (χ2n) is 10.1. The molecule has 0 spiro atoms. The van der Waals surface area contributed by atoms with Gasteiger partial charge in [0.2, 0.25) is 5.82 Å². The molecule has 4 heterocycles. The quantitative estimate of drug-likeness (QED) is 0.259. The average molecular weight is 529 g/mol. The van der Waals surface area contributed by atoms with Crippen LogP contribution in [-0.2, 0) is 13.0 Å². The lowest BCUT2D eigenvalue weighted by Crippen LogP contribution is -2.34. The fourth-order valence-electron chi connectivity index (χ4n) is 5.03. The topological polar surface area (TPSA) is 128 Å². The Morgan fingerprint density at radius 1 is 1.18 bits per heavy atom. The Morgan fingerprint density at radius 3 is 2.62 bits per heavy atom. The van der Waals surface area contributed by atoms with Gasteiger partial charge in [-0.1, -0.05) is 12.1 Å². The molecular weight excluding hydrogens is 496 g/mol. The monoisotopic (exact) mass is 528 g/mol. The van der Waals surface area contributed by atoms with Gasteiger partial charge in [-0.05, 0) is 57.1 Å². The first-order chi connectivity index (χ1) is 18.8. The summed E-state index contributed by atoms with van der Waals surface area (Å²) in [5.74, 6) is -0.0361. The molecule has 3 aromatic heterocycles. The van der Waals surface area contributed by atoms with Gasteiger partial charge in [-0.3, -0.25) is 14.9 Å². The maximum absolute atomic E-state index is 13.7. The van der Waals surface area contributed by atoms with Crippen molar-refractivity contribution in [3.63, 3.8) is 0 Å². The number of benzene rings is 1. The second kappa shape index (κ2) is 11.1. The number of aryl methyl sites for hydroxylation is 2. The first kappa shape index (κ1) is 26.1. The highest BCUT2D eigenvalue weighted by Gasteiger charge is 2.30. The third-order valence-corrected chi connectivity index (χ3v) is 7.28. The Labute approximate surface area is 226 Å². The van der Waals surface area contributed by atoms with Crippen LogP contribution in [0.4, 0.5) is 11.5 Å². The lowest BCUT2D eigenvalue weighted by Gasteiger charge is -2.20. The summed E-state index contributed by atoms with van der Waals surface area (Å²) < 4.78 is 3.98. The minimum Gasteiger partial charge on any atom is -0.378 e. The highest BCUT2D eigenvalue weighted by atomic mass is 16.6. The van der Waals surface area contributed by atoms with Crippen molar-refractivity contribution in [3.8, 4) is 16.8 Å². The van der Waals surface area contributed by atoms with E-state index in [2.05, 4.69) is 29.0 Å². The number of anilines is 1. The van der Waals surface area contributed by atoms with E-state index < -0.39 is 4.92 Å². The molecule has 0 saturated carbocycles. The Kier molecular flexibility index (Phi) is 7.42. The van der Waals surface area contributed by atoms with E-state index in [1.807, 2.05) is 56.9 Å². The number of carbonyl (C=O) groups is 1. The van der Waals surface area contributed by atoms with Crippen molar-refractivity contribution in [1.29, 1.82) is 0 Å². The standard InChI is InChI=1S/C28H32N8O3/c1-32(2)23-11-14-34(16-23)28(37)25-18-33(13-3-4-21-7-10-26(36(38)39)27(29)31-21)17-24(25)20-5-8-22(9-6-20)35-15-12-30-19-35/h5-10,12,15,17-19,23H,3-4,11,13-14,16H2,1-2H3,(H2,29,31)/t23-/m1/s1. The number of hydrogen-bond donors (Lipinski definition) is 1. The first-order valence-corrected chi connectivity index (χ1v) is 12.9. The first-order valence-electron chi connectivity index (χ1n) is 12.9. The third kappa shape index (κ3) is 5.68. The minimum absolute atomic E-state index is 0.0385. The van der Waals surface area contributed by atoms with Crippen molar-refractivity contribution in [2.75, 3.05) is 32.9 Å². The van der Waals surface area contributed by atoms with Gasteiger partial charge < -0.3 is 24.7 Å². The highest BCUT2D eigenvalue weighted by molar-refractivity contribution is 6.01. The number of rotatable bonds is 9. The molecule has 11 heteroatoms. The van der Waals surface area contributed by atoms with E-state index in [0.29, 0.717) is 36.8 Å². The lowest BCUT2D eigenvalue weighted by molar-refractivity contribution is -0.384. The van der Waals surface area contributed by atoms with Gasteiger partial charge in [-0.15, -0.1) is 0 Å². The van der Waals surface area contributed by atoms with Crippen LogP contribution in [0, 0.1) is 10.1 Å². The van der Waals surface area contributed by atoms with Crippen LogP contribution in [0.15, 0.2) is 67.5 Å². The Morgan fingerprint density at radius 2 is 1.97 bits per heavy atom. The summed E-state index contributed by atoms with van der Waals surface area (Å²) >= 11 is 0. The summed E-state index contributed by atoms with van der Waals surface area (Å²) in [5.41, 5.74) is 9.79. The van der Waals surface area contributed by atoms with Gasteiger partial charge >= 0.3 is 5.69 Å². The number of likely N-dealkylation sites (tertiary alicyclic amines) is 1. The molecule has 11 nitrogen and oxygen atoms in total. The van der Waals surface area contributed by atoms with Crippen molar-refractivity contribution in [2.45, 2.75) is 31.8 Å². The van der Waals surface area contributed by atoms with Gasteiger partial charge in [-0.2, -0.15) is 0 Å². The summed E-state index contributed by atoms with van der Waals surface area (Å²) in [6, 6.07) is 11.5. The number of nitrogen functional groups attached to an aromatic ring is 1. The molecule has 2 N–H and O–H groups in total. The van der Waals surface area contributed by atoms with Gasteiger partial charge in [0.25, 0.3) is 5.91 Å². The summed E-state index contributed by atoms with van der Waals surface area (Å²) in [4.78, 5) is 36.6. The second-order valence-corrected chi connectivity index (χ2v) is 10.1. The number of likely N-dealkylation sites (N-methyl/N-ethyl adjacent to an activating group) is 1. The molecule has 1 aliphatic rings. The fourth-order valence-corrected chi connectivity index (χ4v) is 5.03. The maximum Gasteiger partial charge on any atom is 0.311 e. The number of aromatic nitrogens is 4. The zero-order chi connectivity index (χ0) is 27.5. The van der Waals surface area contributed by atoms with Crippen molar-refractivity contribution >= 4 is 17.4 Å². The van der Waals surface area contributed by atoms with Gasteiger partial charge in [0.05, 0.1) is 16.8 Å². The van der Waals surface area contributed by atoms with Crippen molar-refractivity contribution in [2.24, 2.45) is 0 Å². The molecule has 0 bridgehead atoms. The minimum atomic E-state index is -0.533. The number of nitrogens with two attached hydrogens (primary N) is 1. The number of imidazole rings is 1. The molecule has 1 atom stereocenters. The number of nitrogens with zero attached hydrogens (tertiary/aromatic N) is 7. The zero-order valence-electron chi connectivity index (χ0n) is 22.1. The number of nitro groups is 1. The lowest BCUT2D eigenvalue weighted by atomic mass is 10.0. The Hall–Kier alpha value is -4.51. The molecule has 1 aromatic carbocycles. The average Bonchev–Trinajstić information content (AvgIpc) is 3.70. The summed E-state index contributed by atoms with van der Waals surface area (Å²) in [5, 5.41) is 11.0. The van der Waals surface area contributed by atoms with Crippen LogP contribution in [0.5, 0.6) is 0 Å². The van der Waals surface area contributed by atoms with Gasteiger partial charge in [0, 0.05) is 73.5 Å². The summed E-state index contributed by atoms with van der Waals surface area (Å²) in [6.45, 7) is 2.11. The van der Waals surface area contributed by atoms with Crippen LogP contribution >= 0.6 is 0 Å². The fraction of sp³-hybridized carbons (Fsp3) is 0.321. The molecule has 1 fully saturated rings. The van der Waals surface area contributed by atoms with E-state index in [-0.39, 0.29) is 17.4 Å². The SMILES string of the molecule is CN(C)[C@@H]1CCN(C(=O)c2cn(CCCc3ccc([N+](=O)[O-])c(N)n3)cc2-c2ccc(-n3ccnc3)cc2)C1. The van der Waals surface area contributed by atoms with Crippen LogP contribution in [0.3, 0.4) is 0 Å². The van der Waals surface area contributed by atoms with Crippen LogP contribution in [0.1, 0.15) is 28.9 Å². The van der Waals surface area contributed by atoms with E-state index in [0.717, 1.165) is 36.2 Å². The molecule has 202 valence electrons. The summed E-state index contributed by atoms with van der Waals surface area (Å²) in [6.07, 6.45) is 11.6. The normalized spacial score (nSPS) is 15.3. The third-order valence-electron chi connectivity index (χ3n) is 7.28. The molecular formula is C28H32N8O3. The largest absolute Gasteiger partial charge is 0.378 e. The van der Waals surface area contributed by atoms with E-state index in [1.54, 1.807) is 18.6 Å². The molecule has 5 rings (SSSR count). The van der Waals surface area contributed by atoms with Crippen LogP contribution in [-0.4, -0.2) is 73.0 Å².